The Bertz CT molecular complexity index is 992. The van der Waals surface area contributed by atoms with E-state index in [2.05, 4.69) is 27.2 Å². The Morgan fingerprint density at radius 2 is 1.90 bits per heavy atom. The van der Waals surface area contributed by atoms with Gasteiger partial charge >= 0.3 is 0 Å². The number of fused-ring (bicyclic) bond motifs is 3. The molecule has 2 aromatic heterocycles. The van der Waals surface area contributed by atoms with E-state index in [-0.39, 0.29) is 5.82 Å². The van der Waals surface area contributed by atoms with E-state index in [0.29, 0.717) is 0 Å². The Balaban J connectivity index is 1.81. The summed E-state index contributed by atoms with van der Waals surface area (Å²) in [7, 11) is 0. The molecule has 0 unspecified atom stereocenters. The molecule has 2 aromatic carbocycles. The van der Waals surface area contributed by atoms with Crippen LogP contribution in [0.25, 0.3) is 28.1 Å². The molecular formula is C17H12FN3. The lowest BCUT2D eigenvalue weighted by molar-refractivity contribution is 0.628. The Hall–Kier alpha value is -2.62. The van der Waals surface area contributed by atoms with E-state index < -0.39 is 0 Å². The number of hydrogen-bond donors (Lipinski definition) is 0. The molecule has 0 amide bonds. The molecule has 0 aliphatic carbocycles. The number of rotatable bonds is 1. The minimum atomic E-state index is -0.222. The van der Waals surface area contributed by atoms with Gasteiger partial charge in [0.25, 0.3) is 0 Å². The van der Waals surface area contributed by atoms with Gasteiger partial charge < -0.3 is 4.57 Å². The van der Waals surface area contributed by atoms with Crippen LogP contribution < -0.4 is 0 Å². The molecule has 21 heavy (non-hydrogen) atoms. The number of halogens is 1. The van der Waals surface area contributed by atoms with Crippen LogP contribution in [0, 0.1) is 5.82 Å². The van der Waals surface area contributed by atoms with Crippen LogP contribution in [0.15, 0.2) is 48.7 Å². The van der Waals surface area contributed by atoms with Crippen molar-refractivity contribution in [2.75, 3.05) is 0 Å². The van der Waals surface area contributed by atoms with E-state index >= 15 is 0 Å². The van der Waals surface area contributed by atoms with Crippen molar-refractivity contribution in [1.29, 1.82) is 0 Å². The topological polar surface area (TPSA) is 22.2 Å². The fourth-order valence-corrected chi connectivity index (χ4v) is 3.33. The van der Waals surface area contributed by atoms with Gasteiger partial charge in [-0.3, -0.25) is 4.40 Å². The van der Waals surface area contributed by atoms with Crippen molar-refractivity contribution in [3.05, 3.63) is 60.0 Å². The third-order valence-electron chi connectivity index (χ3n) is 4.30. The second-order valence-electron chi connectivity index (χ2n) is 5.49. The van der Waals surface area contributed by atoms with Crippen molar-refractivity contribution in [2.45, 2.75) is 13.0 Å². The normalized spacial score (nSPS) is 13.6. The summed E-state index contributed by atoms with van der Waals surface area (Å²) >= 11 is 0. The summed E-state index contributed by atoms with van der Waals surface area (Å²) in [4.78, 5) is 4.76. The number of para-hydroxylation sites is 1. The summed E-state index contributed by atoms with van der Waals surface area (Å²) in [6.07, 6.45) is 3.11. The average Bonchev–Trinajstić information content (AvgIpc) is 3.17. The lowest BCUT2D eigenvalue weighted by Gasteiger charge is -1.97. The van der Waals surface area contributed by atoms with Crippen LogP contribution in [0.5, 0.6) is 0 Å². The fourth-order valence-electron chi connectivity index (χ4n) is 3.33. The van der Waals surface area contributed by atoms with E-state index in [1.807, 2.05) is 6.20 Å². The first kappa shape index (κ1) is 11.1. The third-order valence-corrected chi connectivity index (χ3v) is 4.30. The number of imidazole rings is 2. The van der Waals surface area contributed by atoms with E-state index in [0.717, 1.165) is 30.0 Å². The van der Waals surface area contributed by atoms with Crippen LogP contribution in [0.3, 0.4) is 0 Å². The van der Waals surface area contributed by atoms with Crippen molar-refractivity contribution < 1.29 is 4.39 Å². The molecule has 0 bridgehead atoms. The zero-order valence-electron chi connectivity index (χ0n) is 11.3. The Morgan fingerprint density at radius 3 is 2.76 bits per heavy atom. The highest BCUT2D eigenvalue weighted by molar-refractivity contribution is 5.86. The standard InChI is InChI=1S/C17H12FN3/c18-13-6-4-11(5-7-13)14-10-21-15-3-1-2-12-8-9-20(16(12)15)17(21)19-14/h1-7,10H,8-9H2. The molecule has 3 nitrogen and oxygen atoms in total. The highest BCUT2D eigenvalue weighted by atomic mass is 19.1. The van der Waals surface area contributed by atoms with Crippen LogP contribution >= 0.6 is 0 Å². The third kappa shape index (κ3) is 1.39. The van der Waals surface area contributed by atoms with E-state index in [4.69, 9.17) is 4.98 Å². The molecule has 4 heteroatoms. The summed E-state index contributed by atoms with van der Waals surface area (Å²) in [6.45, 7) is 0.978. The van der Waals surface area contributed by atoms with Crippen LogP contribution in [0.1, 0.15) is 5.56 Å². The lowest BCUT2D eigenvalue weighted by Crippen LogP contribution is -1.93. The molecule has 1 aliphatic heterocycles. The van der Waals surface area contributed by atoms with Crippen molar-refractivity contribution in [3.8, 4) is 11.3 Å². The molecule has 0 N–H and O–H groups in total. The molecule has 1 aliphatic rings. The predicted molar refractivity (Wildman–Crippen MR) is 79.8 cm³/mol. The lowest BCUT2D eigenvalue weighted by atomic mass is 10.1. The SMILES string of the molecule is Fc1ccc(-c2cn3c4cccc5c4n(c3n2)CC5)cc1. The van der Waals surface area contributed by atoms with Gasteiger partial charge in [-0.2, -0.15) is 0 Å². The molecule has 5 rings (SSSR count). The van der Waals surface area contributed by atoms with Gasteiger partial charge in [-0.05, 0) is 42.3 Å². The van der Waals surface area contributed by atoms with Gasteiger partial charge in [0.15, 0.2) is 0 Å². The molecule has 0 radical (unpaired) electrons. The van der Waals surface area contributed by atoms with Gasteiger partial charge in [0.1, 0.15) is 5.82 Å². The van der Waals surface area contributed by atoms with Gasteiger partial charge in [0.2, 0.25) is 5.78 Å². The first-order valence-electron chi connectivity index (χ1n) is 7.06. The Labute approximate surface area is 120 Å². The Kier molecular flexibility index (Phi) is 1.97. The second kappa shape index (κ2) is 3.73. The molecular weight excluding hydrogens is 265 g/mol. The maximum Gasteiger partial charge on any atom is 0.215 e. The largest absolute Gasteiger partial charge is 0.309 e. The molecule has 0 atom stereocenters. The molecule has 0 fully saturated rings. The highest BCUT2D eigenvalue weighted by Gasteiger charge is 2.21. The fraction of sp³-hybridized carbons (Fsp3) is 0.118. The summed E-state index contributed by atoms with van der Waals surface area (Å²) in [5.41, 5.74) is 5.70. The molecule has 3 heterocycles. The summed E-state index contributed by atoms with van der Waals surface area (Å²) < 4.78 is 17.5. The molecule has 0 saturated carbocycles. The predicted octanol–water partition coefficient (Wildman–Crippen LogP) is 3.65. The van der Waals surface area contributed by atoms with Crippen LogP contribution in [-0.4, -0.2) is 14.0 Å². The van der Waals surface area contributed by atoms with Gasteiger partial charge in [0, 0.05) is 18.3 Å². The van der Waals surface area contributed by atoms with Crippen molar-refractivity contribution in [3.63, 3.8) is 0 Å². The van der Waals surface area contributed by atoms with Crippen molar-refractivity contribution in [2.24, 2.45) is 0 Å². The second-order valence-corrected chi connectivity index (χ2v) is 5.49. The molecule has 0 spiro atoms. The monoisotopic (exact) mass is 277 g/mol. The van der Waals surface area contributed by atoms with E-state index in [1.54, 1.807) is 12.1 Å². The van der Waals surface area contributed by atoms with E-state index in [1.165, 1.54) is 28.7 Å². The summed E-state index contributed by atoms with van der Waals surface area (Å²) in [5, 5.41) is 0. The number of aryl methyl sites for hydroxylation is 2. The highest BCUT2D eigenvalue weighted by Crippen LogP contribution is 2.31. The van der Waals surface area contributed by atoms with Crippen LogP contribution in [0.4, 0.5) is 4.39 Å². The first-order chi connectivity index (χ1) is 10.3. The number of hydrogen-bond acceptors (Lipinski definition) is 1. The first-order valence-corrected chi connectivity index (χ1v) is 7.06. The average molecular weight is 277 g/mol. The number of nitrogens with zero attached hydrogens (tertiary/aromatic N) is 3. The summed E-state index contributed by atoms with van der Waals surface area (Å²) in [6, 6.07) is 12.9. The number of aromatic nitrogens is 3. The maximum absolute atomic E-state index is 13.1. The zero-order chi connectivity index (χ0) is 14.0. The maximum atomic E-state index is 13.1. The zero-order valence-corrected chi connectivity index (χ0v) is 11.3. The molecule has 0 saturated heterocycles. The van der Waals surface area contributed by atoms with Gasteiger partial charge in [-0.15, -0.1) is 0 Å². The van der Waals surface area contributed by atoms with Crippen molar-refractivity contribution >= 4 is 16.8 Å². The van der Waals surface area contributed by atoms with Gasteiger partial charge in [0.05, 0.1) is 16.7 Å². The Morgan fingerprint density at radius 1 is 1.05 bits per heavy atom. The molecule has 102 valence electrons. The smallest absolute Gasteiger partial charge is 0.215 e. The quantitative estimate of drug-likeness (QED) is 0.520. The van der Waals surface area contributed by atoms with Crippen LogP contribution in [-0.2, 0) is 13.0 Å². The minimum Gasteiger partial charge on any atom is -0.309 e. The van der Waals surface area contributed by atoms with E-state index in [9.17, 15) is 4.39 Å². The van der Waals surface area contributed by atoms with Gasteiger partial charge in [-0.25, -0.2) is 9.37 Å². The molecule has 4 aromatic rings. The van der Waals surface area contributed by atoms with Gasteiger partial charge in [-0.1, -0.05) is 12.1 Å². The van der Waals surface area contributed by atoms with Crippen molar-refractivity contribution in [1.82, 2.24) is 14.0 Å². The summed E-state index contributed by atoms with van der Waals surface area (Å²) in [5.74, 6) is 0.745. The number of benzene rings is 2. The minimum absolute atomic E-state index is 0.222. The van der Waals surface area contributed by atoms with Crippen LogP contribution in [0.2, 0.25) is 0 Å².